The Bertz CT molecular complexity index is 500. The summed E-state index contributed by atoms with van der Waals surface area (Å²) >= 11 is 0. The van der Waals surface area contributed by atoms with Crippen molar-refractivity contribution >= 4 is 17.7 Å². The summed E-state index contributed by atoms with van der Waals surface area (Å²) in [5, 5.41) is 11.5. The minimum Gasteiger partial charge on any atom is -0.309 e. The Morgan fingerprint density at radius 1 is 0.765 bits per heavy atom. The number of hydrogen-bond donors (Lipinski definition) is 1. The van der Waals surface area contributed by atoms with Crippen molar-refractivity contribution in [3.63, 3.8) is 0 Å². The average molecular weight is 241 g/mol. The van der Waals surface area contributed by atoms with Crippen LogP contribution >= 0.6 is 7.05 Å². The maximum atomic E-state index is 9.03. The third kappa shape index (κ3) is 1.85. The Kier molecular flexibility index (Phi) is 2.64. The summed E-state index contributed by atoms with van der Waals surface area (Å²) < 4.78 is 0. The second-order valence-corrected chi connectivity index (χ2v) is 7.83. The van der Waals surface area contributed by atoms with E-state index in [4.69, 9.17) is 5.16 Å². The Balaban J connectivity index is 2.15. The molecule has 3 rings (SSSR count). The molecule has 0 atom stereocenters. The van der Waals surface area contributed by atoms with Gasteiger partial charge in [-0.05, 0) is 23.5 Å². The van der Waals surface area contributed by atoms with Gasteiger partial charge in [-0.1, -0.05) is 60.7 Å². The standard InChI is InChI=1S/C15H16NP/c16-17(15-11-12-15,13-7-3-1-4-8-13)14-9-5-2-6-10-14/h1-10,15-16H,11-12H2. The van der Waals surface area contributed by atoms with Gasteiger partial charge in [0, 0.05) is 12.7 Å². The quantitative estimate of drug-likeness (QED) is 0.794. The highest BCUT2D eigenvalue weighted by Crippen LogP contribution is 2.59. The molecular weight excluding hydrogens is 225 g/mol. The summed E-state index contributed by atoms with van der Waals surface area (Å²) in [5.41, 5.74) is 0.590. The van der Waals surface area contributed by atoms with Gasteiger partial charge in [-0.25, -0.2) is 0 Å². The van der Waals surface area contributed by atoms with Crippen molar-refractivity contribution in [3.05, 3.63) is 60.7 Å². The molecule has 1 nitrogen and oxygen atoms in total. The first-order valence-electron chi connectivity index (χ1n) is 6.07. The van der Waals surface area contributed by atoms with Crippen LogP contribution in [-0.4, -0.2) is 5.66 Å². The minimum absolute atomic E-state index is 0.590. The molecule has 0 saturated heterocycles. The van der Waals surface area contributed by atoms with E-state index in [0.717, 1.165) is 0 Å². The highest BCUT2D eigenvalue weighted by atomic mass is 31.2. The fourth-order valence-electron chi connectivity index (χ4n) is 2.36. The van der Waals surface area contributed by atoms with Gasteiger partial charge in [0.1, 0.15) is 0 Å². The molecule has 0 radical (unpaired) electrons. The van der Waals surface area contributed by atoms with E-state index in [1.165, 1.54) is 23.5 Å². The van der Waals surface area contributed by atoms with E-state index in [9.17, 15) is 0 Å². The van der Waals surface area contributed by atoms with Gasteiger partial charge in [0.2, 0.25) is 0 Å². The van der Waals surface area contributed by atoms with E-state index in [0.29, 0.717) is 5.66 Å². The minimum atomic E-state index is -1.88. The first-order chi connectivity index (χ1) is 8.32. The maximum absolute atomic E-state index is 9.03. The largest absolute Gasteiger partial charge is 0.309 e. The molecule has 1 aliphatic carbocycles. The zero-order chi connectivity index (χ0) is 11.7. The van der Waals surface area contributed by atoms with Crippen molar-refractivity contribution in [1.82, 2.24) is 0 Å². The maximum Gasteiger partial charge on any atom is 0.0267 e. The Labute approximate surface area is 102 Å². The topological polar surface area (TPSA) is 23.9 Å². The molecule has 0 amide bonds. The Morgan fingerprint density at radius 2 is 1.18 bits per heavy atom. The van der Waals surface area contributed by atoms with Gasteiger partial charge >= 0.3 is 0 Å². The molecular formula is C15H16NP. The van der Waals surface area contributed by atoms with Crippen LogP contribution in [0.4, 0.5) is 0 Å². The molecule has 0 spiro atoms. The zero-order valence-corrected chi connectivity index (χ0v) is 10.6. The molecule has 17 heavy (non-hydrogen) atoms. The van der Waals surface area contributed by atoms with Gasteiger partial charge in [-0.3, -0.25) is 0 Å². The Morgan fingerprint density at radius 3 is 1.53 bits per heavy atom. The van der Waals surface area contributed by atoms with Gasteiger partial charge in [-0.2, -0.15) is 0 Å². The van der Waals surface area contributed by atoms with E-state index in [-0.39, 0.29) is 0 Å². The first-order valence-corrected chi connectivity index (χ1v) is 7.92. The highest BCUT2D eigenvalue weighted by molar-refractivity contribution is 7.80. The third-order valence-electron chi connectivity index (χ3n) is 3.42. The monoisotopic (exact) mass is 241 g/mol. The van der Waals surface area contributed by atoms with Crippen LogP contribution in [0.1, 0.15) is 12.8 Å². The third-order valence-corrected chi connectivity index (χ3v) is 7.26. The lowest BCUT2D eigenvalue weighted by atomic mass is 10.4. The fourth-order valence-corrected chi connectivity index (χ4v) is 5.71. The zero-order valence-electron chi connectivity index (χ0n) is 9.71. The van der Waals surface area contributed by atoms with Crippen LogP contribution in [0.25, 0.3) is 0 Å². The van der Waals surface area contributed by atoms with Gasteiger partial charge in [0.05, 0.1) is 0 Å². The van der Waals surface area contributed by atoms with Crippen molar-refractivity contribution in [3.8, 4) is 0 Å². The molecule has 0 unspecified atom stereocenters. The lowest BCUT2D eigenvalue weighted by Gasteiger charge is -2.23. The summed E-state index contributed by atoms with van der Waals surface area (Å²) in [5.74, 6) is 0. The molecule has 1 N–H and O–H groups in total. The number of benzene rings is 2. The van der Waals surface area contributed by atoms with Crippen LogP contribution in [0.15, 0.2) is 60.7 Å². The molecule has 1 fully saturated rings. The summed E-state index contributed by atoms with van der Waals surface area (Å²) in [7, 11) is -1.88. The van der Waals surface area contributed by atoms with Crippen molar-refractivity contribution in [2.45, 2.75) is 18.5 Å². The highest BCUT2D eigenvalue weighted by Gasteiger charge is 2.39. The summed E-state index contributed by atoms with van der Waals surface area (Å²) in [4.78, 5) is 0. The lowest BCUT2D eigenvalue weighted by molar-refractivity contribution is 1.42. The predicted octanol–water partition coefficient (Wildman–Crippen LogP) is 3.58. The van der Waals surface area contributed by atoms with E-state index < -0.39 is 7.05 Å². The SMILES string of the molecule is N=P(c1ccccc1)(c1ccccc1)C1CC1. The van der Waals surface area contributed by atoms with Crippen molar-refractivity contribution in [2.75, 3.05) is 0 Å². The summed E-state index contributed by atoms with van der Waals surface area (Å²) in [6.07, 6.45) is 2.45. The second kappa shape index (κ2) is 4.16. The second-order valence-electron chi connectivity index (χ2n) is 4.62. The van der Waals surface area contributed by atoms with E-state index in [1.54, 1.807) is 0 Å². The average Bonchev–Trinajstić information content (AvgIpc) is 3.24. The molecule has 0 aliphatic heterocycles. The molecule has 1 saturated carbocycles. The molecule has 86 valence electrons. The Hall–Kier alpha value is -1.33. The van der Waals surface area contributed by atoms with Gasteiger partial charge < -0.3 is 5.16 Å². The van der Waals surface area contributed by atoms with Crippen LogP contribution in [0.5, 0.6) is 0 Å². The summed E-state index contributed by atoms with van der Waals surface area (Å²) in [6, 6.07) is 20.8. The van der Waals surface area contributed by atoms with Crippen molar-refractivity contribution < 1.29 is 0 Å². The molecule has 0 heterocycles. The molecule has 2 aromatic carbocycles. The lowest BCUT2D eigenvalue weighted by Crippen LogP contribution is -2.18. The van der Waals surface area contributed by atoms with Crippen LogP contribution < -0.4 is 10.6 Å². The molecule has 0 bridgehead atoms. The van der Waals surface area contributed by atoms with E-state index in [2.05, 4.69) is 48.5 Å². The van der Waals surface area contributed by atoms with Gasteiger partial charge in [0.25, 0.3) is 0 Å². The van der Waals surface area contributed by atoms with E-state index >= 15 is 0 Å². The molecule has 2 heteroatoms. The van der Waals surface area contributed by atoms with Crippen molar-refractivity contribution in [1.29, 1.82) is 5.16 Å². The normalized spacial score (nSPS) is 15.8. The molecule has 1 aliphatic rings. The molecule has 0 aromatic heterocycles. The number of nitrogens with one attached hydrogen (secondary N) is 1. The summed E-state index contributed by atoms with van der Waals surface area (Å²) in [6.45, 7) is 0. The van der Waals surface area contributed by atoms with Crippen LogP contribution in [0.2, 0.25) is 0 Å². The van der Waals surface area contributed by atoms with Gasteiger partial charge in [0.15, 0.2) is 0 Å². The van der Waals surface area contributed by atoms with Crippen LogP contribution in [0.3, 0.4) is 0 Å². The van der Waals surface area contributed by atoms with E-state index in [1.807, 2.05) is 12.1 Å². The van der Waals surface area contributed by atoms with Crippen LogP contribution in [-0.2, 0) is 0 Å². The number of hydrogen-bond acceptors (Lipinski definition) is 1. The fraction of sp³-hybridized carbons (Fsp3) is 0.200. The first kappa shape index (κ1) is 10.8. The predicted molar refractivity (Wildman–Crippen MR) is 74.8 cm³/mol. The van der Waals surface area contributed by atoms with Gasteiger partial charge in [-0.15, -0.1) is 0 Å². The number of rotatable bonds is 3. The van der Waals surface area contributed by atoms with Crippen LogP contribution in [0, 0.1) is 5.16 Å². The van der Waals surface area contributed by atoms with Crippen molar-refractivity contribution in [2.24, 2.45) is 0 Å². The smallest absolute Gasteiger partial charge is 0.0267 e. The molecule has 2 aromatic rings.